The predicted molar refractivity (Wildman–Crippen MR) is 362 cm³/mol. The number of hydrogen-bond donors (Lipinski definition) is 0. The zero-order valence-electron chi connectivity index (χ0n) is 56.2. The molecule has 6 heteroatoms. The number of unbranched alkanes of at least 4 members (excludes halogenated alkanes) is 53. The van der Waals surface area contributed by atoms with Gasteiger partial charge in [0.05, 0.1) is 0 Å². The van der Waals surface area contributed by atoms with Crippen molar-refractivity contribution in [2.75, 3.05) is 13.2 Å². The first kappa shape index (κ1) is 80.6. The van der Waals surface area contributed by atoms with Crippen LogP contribution in [-0.4, -0.2) is 37.2 Å². The third-order valence-electron chi connectivity index (χ3n) is 17.1. The van der Waals surface area contributed by atoms with Crippen molar-refractivity contribution in [1.29, 1.82) is 0 Å². The minimum absolute atomic E-state index is 0.0716. The molecule has 0 aromatic heterocycles. The van der Waals surface area contributed by atoms with Crippen molar-refractivity contribution in [3.63, 3.8) is 0 Å². The van der Waals surface area contributed by atoms with Crippen LogP contribution in [0.1, 0.15) is 419 Å². The number of hydrogen-bond acceptors (Lipinski definition) is 6. The normalized spacial score (nSPS) is 12.2. The minimum Gasteiger partial charge on any atom is -0.462 e. The Morgan fingerprint density at radius 1 is 0.241 bits per heavy atom. The molecule has 0 aromatic rings. The van der Waals surface area contributed by atoms with Crippen molar-refractivity contribution in [3.05, 3.63) is 36.5 Å². The topological polar surface area (TPSA) is 78.9 Å². The second-order valence-corrected chi connectivity index (χ2v) is 25.6. The maximum Gasteiger partial charge on any atom is 0.306 e. The SMILES string of the molecule is CCCCC/C=C\C/C=C\C/C=C\CCCCCCCCC(=O)OC(COC(=O)CCCCCCCCCCCCCCCCCCC)COC(=O)CCCCCCCCCCCCCCCCCCCCCCCCCCCCCCC. The standard InChI is InChI=1S/C77H144O6/c1-4-7-10-13-16-19-22-25-28-31-33-34-35-36-37-38-39-40-41-42-44-46-49-52-55-58-61-64-67-70-76(79)82-73-74(72-81-75(78)69-66-63-60-57-54-51-48-45-30-27-24-21-18-15-12-9-6-3)83-77(80)71-68-65-62-59-56-53-50-47-43-32-29-26-23-20-17-14-11-8-5-2/h17,20,26,29,43,47,74H,4-16,18-19,21-25,27-28,30-42,44-46,48-73H2,1-3H3/b20-17-,29-26-,47-43-. The van der Waals surface area contributed by atoms with Gasteiger partial charge < -0.3 is 14.2 Å². The average Bonchev–Trinajstić information content (AvgIpc) is 3.49. The minimum atomic E-state index is -0.778. The smallest absolute Gasteiger partial charge is 0.306 e. The fraction of sp³-hybridized carbons (Fsp3) is 0.883. The summed E-state index contributed by atoms with van der Waals surface area (Å²) >= 11 is 0. The lowest BCUT2D eigenvalue weighted by atomic mass is 10.0. The van der Waals surface area contributed by atoms with Gasteiger partial charge in [0, 0.05) is 19.3 Å². The van der Waals surface area contributed by atoms with Gasteiger partial charge in [0.2, 0.25) is 0 Å². The van der Waals surface area contributed by atoms with Crippen LogP contribution in [0.2, 0.25) is 0 Å². The molecule has 488 valence electrons. The van der Waals surface area contributed by atoms with Crippen molar-refractivity contribution >= 4 is 17.9 Å². The largest absolute Gasteiger partial charge is 0.462 e. The van der Waals surface area contributed by atoms with Crippen LogP contribution in [0, 0.1) is 0 Å². The molecule has 0 bridgehead atoms. The fourth-order valence-corrected chi connectivity index (χ4v) is 11.5. The van der Waals surface area contributed by atoms with Crippen LogP contribution in [0.25, 0.3) is 0 Å². The third-order valence-corrected chi connectivity index (χ3v) is 17.1. The molecular weight excluding hydrogens is 1020 g/mol. The highest BCUT2D eigenvalue weighted by Gasteiger charge is 2.20. The van der Waals surface area contributed by atoms with E-state index in [0.717, 1.165) is 77.0 Å². The van der Waals surface area contributed by atoms with Crippen LogP contribution < -0.4 is 0 Å². The molecule has 0 aliphatic heterocycles. The molecule has 0 aliphatic carbocycles. The van der Waals surface area contributed by atoms with Crippen molar-refractivity contribution in [2.24, 2.45) is 0 Å². The van der Waals surface area contributed by atoms with Gasteiger partial charge in [0.25, 0.3) is 0 Å². The van der Waals surface area contributed by atoms with E-state index in [1.807, 2.05) is 0 Å². The lowest BCUT2D eigenvalue weighted by molar-refractivity contribution is -0.167. The molecule has 6 nitrogen and oxygen atoms in total. The fourth-order valence-electron chi connectivity index (χ4n) is 11.5. The van der Waals surface area contributed by atoms with E-state index < -0.39 is 6.10 Å². The Kier molecular flexibility index (Phi) is 70.0. The van der Waals surface area contributed by atoms with Crippen LogP contribution in [-0.2, 0) is 28.6 Å². The van der Waals surface area contributed by atoms with E-state index in [1.54, 1.807) is 0 Å². The molecule has 0 aliphatic rings. The molecule has 0 aromatic carbocycles. The quantitative estimate of drug-likeness (QED) is 0.0261. The van der Waals surface area contributed by atoms with Gasteiger partial charge in [-0.2, -0.15) is 0 Å². The lowest BCUT2D eigenvalue weighted by Gasteiger charge is -2.18. The zero-order chi connectivity index (χ0) is 59.9. The van der Waals surface area contributed by atoms with Crippen molar-refractivity contribution < 1.29 is 28.6 Å². The Bertz CT molecular complexity index is 1380. The summed E-state index contributed by atoms with van der Waals surface area (Å²) in [6, 6.07) is 0. The average molecular weight is 1170 g/mol. The van der Waals surface area contributed by atoms with E-state index >= 15 is 0 Å². The van der Waals surface area contributed by atoms with Crippen molar-refractivity contribution in [1.82, 2.24) is 0 Å². The van der Waals surface area contributed by atoms with Crippen LogP contribution >= 0.6 is 0 Å². The van der Waals surface area contributed by atoms with E-state index in [9.17, 15) is 14.4 Å². The van der Waals surface area contributed by atoms with Gasteiger partial charge in [-0.05, 0) is 57.8 Å². The van der Waals surface area contributed by atoms with E-state index in [-0.39, 0.29) is 31.1 Å². The lowest BCUT2D eigenvalue weighted by Crippen LogP contribution is -2.30. The Morgan fingerprint density at radius 2 is 0.434 bits per heavy atom. The van der Waals surface area contributed by atoms with Crippen LogP contribution in [0.4, 0.5) is 0 Å². The highest BCUT2D eigenvalue weighted by atomic mass is 16.6. The van der Waals surface area contributed by atoms with Gasteiger partial charge in [-0.15, -0.1) is 0 Å². The summed E-state index contributed by atoms with van der Waals surface area (Å²) in [5, 5.41) is 0. The second kappa shape index (κ2) is 72.1. The number of esters is 3. The van der Waals surface area contributed by atoms with Crippen LogP contribution in [0.15, 0.2) is 36.5 Å². The van der Waals surface area contributed by atoms with Gasteiger partial charge in [-0.3, -0.25) is 14.4 Å². The van der Waals surface area contributed by atoms with Gasteiger partial charge in [0.15, 0.2) is 6.10 Å². The number of carbonyl (C=O) groups is 3. The highest BCUT2D eigenvalue weighted by Crippen LogP contribution is 2.19. The first-order chi connectivity index (χ1) is 41.0. The predicted octanol–water partition coefficient (Wildman–Crippen LogP) is 25.9. The molecule has 1 atom stereocenters. The van der Waals surface area contributed by atoms with Crippen LogP contribution in [0.5, 0.6) is 0 Å². The van der Waals surface area contributed by atoms with E-state index in [1.165, 1.54) is 302 Å². The Morgan fingerprint density at radius 3 is 0.699 bits per heavy atom. The van der Waals surface area contributed by atoms with Gasteiger partial charge in [-0.25, -0.2) is 0 Å². The van der Waals surface area contributed by atoms with Gasteiger partial charge in [0.1, 0.15) is 13.2 Å². The Balaban J connectivity index is 4.23. The molecule has 0 saturated carbocycles. The summed E-state index contributed by atoms with van der Waals surface area (Å²) in [5.74, 6) is -0.851. The molecule has 83 heavy (non-hydrogen) atoms. The summed E-state index contributed by atoms with van der Waals surface area (Å²) in [4.78, 5) is 38.5. The Hall–Kier alpha value is -2.37. The summed E-state index contributed by atoms with van der Waals surface area (Å²) in [7, 11) is 0. The second-order valence-electron chi connectivity index (χ2n) is 25.6. The maximum atomic E-state index is 13.0. The molecule has 0 amide bonds. The molecular formula is C77H144O6. The van der Waals surface area contributed by atoms with Gasteiger partial charge in [-0.1, -0.05) is 378 Å². The maximum absolute atomic E-state index is 13.0. The summed E-state index contributed by atoms with van der Waals surface area (Å²) in [6.45, 7) is 6.69. The number of rotatable bonds is 70. The molecule has 0 spiro atoms. The summed E-state index contributed by atoms with van der Waals surface area (Å²) in [6.07, 6.45) is 90.5. The first-order valence-electron chi connectivity index (χ1n) is 37.5. The summed E-state index contributed by atoms with van der Waals surface area (Å²) in [5.41, 5.74) is 0. The van der Waals surface area contributed by atoms with Crippen LogP contribution in [0.3, 0.4) is 0 Å². The summed E-state index contributed by atoms with van der Waals surface area (Å²) < 4.78 is 17.0. The molecule has 0 radical (unpaired) electrons. The number of allylic oxidation sites excluding steroid dienone is 6. The third kappa shape index (κ3) is 70.3. The number of carbonyl (C=O) groups excluding carboxylic acids is 3. The zero-order valence-corrected chi connectivity index (χ0v) is 56.2. The highest BCUT2D eigenvalue weighted by molar-refractivity contribution is 5.71. The molecule has 0 fully saturated rings. The monoisotopic (exact) mass is 1170 g/mol. The van der Waals surface area contributed by atoms with Gasteiger partial charge >= 0.3 is 17.9 Å². The Labute approximate surface area is 518 Å². The van der Waals surface area contributed by atoms with E-state index in [0.29, 0.717) is 19.3 Å². The van der Waals surface area contributed by atoms with Crippen molar-refractivity contribution in [3.8, 4) is 0 Å². The molecule has 0 heterocycles. The first-order valence-corrected chi connectivity index (χ1v) is 37.5. The van der Waals surface area contributed by atoms with E-state index in [2.05, 4.69) is 57.2 Å². The molecule has 1 unspecified atom stereocenters. The van der Waals surface area contributed by atoms with Crippen molar-refractivity contribution in [2.45, 2.75) is 425 Å². The van der Waals surface area contributed by atoms with E-state index in [4.69, 9.17) is 14.2 Å². The molecule has 0 saturated heterocycles. The molecule has 0 rings (SSSR count). The molecule has 0 N–H and O–H groups in total. The number of ether oxygens (including phenoxy) is 3.